The summed E-state index contributed by atoms with van der Waals surface area (Å²) in [6.07, 6.45) is 4.84. The molecule has 11 heteroatoms. The monoisotopic (exact) mass is 571 g/mol. The van der Waals surface area contributed by atoms with Crippen LogP contribution in [0, 0.1) is 11.3 Å². The number of hydrogen-bond donors (Lipinski definition) is 2. The fraction of sp³-hybridized carbons (Fsp3) is 0.0769. The highest BCUT2D eigenvalue weighted by Gasteiger charge is 2.18. The molecule has 4 rings (SSSR count). The molecule has 188 valence electrons. The van der Waals surface area contributed by atoms with E-state index in [0.29, 0.717) is 26.9 Å². The van der Waals surface area contributed by atoms with Crippen molar-refractivity contribution in [2.75, 3.05) is 5.32 Å². The van der Waals surface area contributed by atoms with Crippen LogP contribution in [0.25, 0.3) is 0 Å². The molecular weight excluding hydrogens is 551 g/mol. The normalized spacial score (nSPS) is 12.9. The van der Waals surface area contributed by atoms with Gasteiger partial charge in [0.25, 0.3) is 5.91 Å². The van der Waals surface area contributed by atoms with Crippen LogP contribution in [-0.4, -0.2) is 21.4 Å². The Hall–Kier alpha value is -3.48. The van der Waals surface area contributed by atoms with Crippen LogP contribution in [-0.2, 0) is 6.54 Å². The lowest BCUT2D eigenvalue weighted by atomic mass is 10.1. The van der Waals surface area contributed by atoms with Gasteiger partial charge in [0.1, 0.15) is 0 Å². The number of nitrogens with zero attached hydrogens (tertiary/aromatic N) is 4. The molecular formula is C26H21Cl3N6OS. The Morgan fingerprint density at radius 1 is 1.11 bits per heavy atom. The number of carbonyl (C=O) groups excluding carboxylic acids is 1. The summed E-state index contributed by atoms with van der Waals surface area (Å²) >= 11 is 18.6. The van der Waals surface area contributed by atoms with Crippen LogP contribution in [0.3, 0.4) is 0 Å². The Morgan fingerprint density at radius 2 is 1.86 bits per heavy atom. The molecule has 1 amide bonds. The summed E-state index contributed by atoms with van der Waals surface area (Å²) in [6, 6.07) is 18.1. The fourth-order valence-electron chi connectivity index (χ4n) is 3.26. The molecule has 0 unspecified atom stereocenters. The molecule has 3 aromatic carbocycles. The molecule has 37 heavy (non-hydrogen) atoms. The number of imidazole rings is 1. The molecule has 0 saturated heterocycles. The van der Waals surface area contributed by atoms with E-state index in [0.717, 1.165) is 0 Å². The predicted octanol–water partition coefficient (Wildman–Crippen LogP) is 6.47. The zero-order valence-corrected chi connectivity index (χ0v) is 22.4. The van der Waals surface area contributed by atoms with Gasteiger partial charge in [-0.15, -0.1) is 0 Å². The van der Waals surface area contributed by atoms with Crippen LogP contribution in [0.2, 0.25) is 15.1 Å². The Bertz CT molecular complexity index is 1490. The van der Waals surface area contributed by atoms with E-state index in [1.165, 1.54) is 12.1 Å². The fourth-order valence-corrected chi connectivity index (χ4v) is 3.90. The molecule has 0 radical (unpaired) electrons. The molecule has 0 aliphatic rings. The maximum absolute atomic E-state index is 13.1. The third kappa shape index (κ3) is 7.75. The number of carbonyl (C=O) groups is 1. The highest BCUT2D eigenvalue weighted by molar-refractivity contribution is 7.59. The van der Waals surface area contributed by atoms with Crippen molar-refractivity contribution in [2.45, 2.75) is 12.6 Å². The molecule has 0 bridgehead atoms. The third-order valence-corrected chi connectivity index (χ3v) is 5.77. The SMILES string of the molecule is S.[2H][C@](Cn1ccnc1)(N=C(NC(=O)c1cccc(C#N)c1)Nc1ccc(Cl)cc1)c1ccc(Cl)cc1Cl. The number of nitriles is 1. The number of aliphatic imine (C=N–C) groups is 1. The molecule has 1 atom stereocenters. The van der Waals surface area contributed by atoms with Crippen molar-refractivity contribution in [3.63, 3.8) is 0 Å². The summed E-state index contributed by atoms with van der Waals surface area (Å²) in [7, 11) is 0. The van der Waals surface area contributed by atoms with E-state index in [9.17, 15) is 11.4 Å². The first-order valence-electron chi connectivity index (χ1n) is 11.1. The van der Waals surface area contributed by atoms with E-state index in [1.54, 1.807) is 77.9 Å². The van der Waals surface area contributed by atoms with Crippen LogP contribution in [0.5, 0.6) is 0 Å². The summed E-state index contributed by atoms with van der Waals surface area (Å²) in [5.74, 6) is -0.541. The van der Waals surface area contributed by atoms with Gasteiger partial charge in [0.05, 0.1) is 31.9 Å². The van der Waals surface area contributed by atoms with E-state index in [2.05, 4.69) is 20.6 Å². The van der Waals surface area contributed by atoms with Crippen molar-refractivity contribution in [2.24, 2.45) is 4.99 Å². The van der Waals surface area contributed by atoms with Crippen molar-refractivity contribution in [3.05, 3.63) is 117 Å². The number of aromatic nitrogens is 2. The molecule has 0 aliphatic heterocycles. The van der Waals surface area contributed by atoms with E-state index in [1.807, 2.05) is 6.07 Å². The maximum atomic E-state index is 13.1. The topological polar surface area (TPSA) is 95.1 Å². The average Bonchev–Trinajstić information content (AvgIpc) is 3.38. The summed E-state index contributed by atoms with van der Waals surface area (Å²) in [5, 5.41) is 16.2. The number of guanidine groups is 1. The zero-order valence-electron chi connectivity index (χ0n) is 20.1. The van der Waals surface area contributed by atoms with Crippen molar-refractivity contribution in [1.82, 2.24) is 14.9 Å². The number of anilines is 1. The van der Waals surface area contributed by atoms with Gasteiger partial charge in [-0.2, -0.15) is 18.8 Å². The molecule has 0 saturated carbocycles. The van der Waals surface area contributed by atoms with Crippen molar-refractivity contribution >= 4 is 65.9 Å². The average molecular weight is 573 g/mol. The van der Waals surface area contributed by atoms with Gasteiger partial charge in [0.2, 0.25) is 5.96 Å². The van der Waals surface area contributed by atoms with Gasteiger partial charge in [0.15, 0.2) is 0 Å². The summed E-state index contributed by atoms with van der Waals surface area (Å²) in [5.41, 5.74) is 1.52. The molecule has 0 aliphatic carbocycles. The molecule has 1 heterocycles. The minimum atomic E-state index is -1.71. The number of hydrogen-bond acceptors (Lipinski definition) is 4. The summed E-state index contributed by atoms with van der Waals surface area (Å²) < 4.78 is 11.1. The van der Waals surface area contributed by atoms with Gasteiger partial charge < -0.3 is 9.88 Å². The zero-order chi connectivity index (χ0) is 26.4. The molecule has 7 nitrogen and oxygen atoms in total. The van der Waals surface area contributed by atoms with Gasteiger partial charge in [-0.1, -0.05) is 46.9 Å². The Morgan fingerprint density at radius 3 is 2.54 bits per heavy atom. The first kappa shape index (κ1) is 26.6. The standard InChI is InChI=1S/C26H19Cl3N6O.H2S/c27-19-4-7-21(8-5-19)32-26(34-25(36)18-3-1-2-17(12-18)14-30)33-24(15-35-11-10-31-16-35)22-9-6-20(28)13-23(22)29;/h1-13,16,24H,15H2,(H2,32,33,34,36);1H2/t24-;/m1./s1/i24D;. The van der Waals surface area contributed by atoms with Crippen LogP contribution < -0.4 is 10.6 Å². The number of halogens is 3. The molecule has 0 fully saturated rings. The van der Waals surface area contributed by atoms with Crippen LogP contribution >= 0.6 is 48.3 Å². The van der Waals surface area contributed by atoms with E-state index < -0.39 is 11.9 Å². The van der Waals surface area contributed by atoms with E-state index in [4.69, 9.17) is 34.8 Å². The number of nitrogens with one attached hydrogen (secondary N) is 2. The highest BCUT2D eigenvalue weighted by Crippen LogP contribution is 2.30. The second-order valence-electron chi connectivity index (χ2n) is 7.54. The number of benzene rings is 3. The molecule has 2 N–H and O–H groups in total. The van der Waals surface area contributed by atoms with Gasteiger partial charge in [-0.3, -0.25) is 10.1 Å². The van der Waals surface area contributed by atoms with Crippen molar-refractivity contribution < 1.29 is 6.17 Å². The first-order chi connectivity index (χ1) is 17.8. The van der Waals surface area contributed by atoms with Gasteiger partial charge >= 0.3 is 0 Å². The smallest absolute Gasteiger partial charge is 0.258 e. The Labute approximate surface area is 237 Å². The highest BCUT2D eigenvalue weighted by atomic mass is 35.5. The lowest BCUT2D eigenvalue weighted by Crippen LogP contribution is -2.36. The predicted molar refractivity (Wildman–Crippen MR) is 153 cm³/mol. The first-order valence-corrected chi connectivity index (χ1v) is 11.7. The Balaban J connectivity index is 0.00000400. The largest absolute Gasteiger partial charge is 0.335 e. The summed E-state index contributed by atoms with van der Waals surface area (Å²) in [6.45, 7) is 0.0277. The minimum absolute atomic E-state index is 0. The van der Waals surface area contributed by atoms with Gasteiger partial charge in [-0.05, 0) is 60.2 Å². The van der Waals surface area contributed by atoms with Crippen LogP contribution in [0.1, 0.15) is 28.9 Å². The second kappa shape index (κ2) is 13.2. The van der Waals surface area contributed by atoms with E-state index >= 15 is 0 Å². The van der Waals surface area contributed by atoms with Gasteiger partial charge in [-0.25, -0.2) is 9.98 Å². The lowest BCUT2D eigenvalue weighted by molar-refractivity contribution is 0.0976. The number of amides is 1. The third-order valence-electron chi connectivity index (χ3n) is 4.97. The van der Waals surface area contributed by atoms with Gasteiger partial charge in [0, 0.05) is 38.7 Å². The van der Waals surface area contributed by atoms with E-state index in [-0.39, 0.29) is 36.6 Å². The molecule has 0 spiro atoms. The minimum Gasteiger partial charge on any atom is -0.335 e. The molecule has 1 aromatic heterocycles. The van der Waals surface area contributed by atoms with Crippen molar-refractivity contribution in [1.29, 1.82) is 5.26 Å². The second-order valence-corrected chi connectivity index (χ2v) is 8.82. The summed E-state index contributed by atoms with van der Waals surface area (Å²) in [4.78, 5) is 21.8. The quantitative estimate of drug-likeness (QED) is 0.205. The number of rotatable bonds is 6. The molecule has 4 aromatic rings. The maximum Gasteiger partial charge on any atom is 0.258 e. The van der Waals surface area contributed by atoms with Crippen LogP contribution in [0.15, 0.2) is 90.4 Å². The Kier molecular flexibility index (Phi) is 9.46. The lowest BCUT2D eigenvalue weighted by Gasteiger charge is -2.19. The van der Waals surface area contributed by atoms with Crippen molar-refractivity contribution in [3.8, 4) is 6.07 Å². The van der Waals surface area contributed by atoms with Crippen LogP contribution in [0.4, 0.5) is 5.69 Å².